The van der Waals surface area contributed by atoms with Gasteiger partial charge < -0.3 is 11.1 Å². The highest BCUT2D eigenvalue weighted by atomic mass is 16.2. The van der Waals surface area contributed by atoms with Crippen molar-refractivity contribution in [2.45, 2.75) is 32.7 Å². The van der Waals surface area contributed by atoms with Gasteiger partial charge in [-0.15, -0.1) is 0 Å². The summed E-state index contributed by atoms with van der Waals surface area (Å²) in [5.41, 5.74) is 10.2. The van der Waals surface area contributed by atoms with Gasteiger partial charge in [0, 0.05) is 5.69 Å². The van der Waals surface area contributed by atoms with Gasteiger partial charge in [0.2, 0.25) is 5.91 Å². The highest BCUT2D eigenvalue weighted by Crippen LogP contribution is 2.21. The summed E-state index contributed by atoms with van der Waals surface area (Å²) in [4.78, 5) is 12.3. The zero-order chi connectivity index (χ0) is 15.2. The van der Waals surface area contributed by atoms with Crippen LogP contribution >= 0.6 is 0 Å². The van der Waals surface area contributed by atoms with Crippen molar-refractivity contribution in [1.29, 1.82) is 0 Å². The van der Waals surface area contributed by atoms with Crippen LogP contribution in [0.25, 0.3) is 0 Å². The normalized spacial score (nSPS) is 12.0. The first-order valence-electron chi connectivity index (χ1n) is 7.30. The number of anilines is 1. The average Bonchev–Trinajstić information content (AvgIpc) is 2.50. The number of aryl methyl sites for hydroxylation is 2. The van der Waals surface area contributed by atoms with Gasteiger partial charge in [-0.3, -0.25) is 4.79 Å². The molecule has 0 aliphatic rings. The lowest BCUT2D eigenvalue weighted by Gasteiger charge is -2.16. The minimum Gasteiger partial charge on any atom is -0.324 e. The predicted octanol–water partition coefficient (Wildman–Crippen LogP) is 3.07. The smallest absolute Gasteiger partial charge is 0.241 e. The van der Waals surface area contributed by atoms with Crippen molar-refractivity contribution in [2.24, 2.45) is 5.73 Å². The molecule has 0 saturated heterocycles. The molecule has 3 heteroatoms. The van der Waals surface area contributed by atoms with E-state index in [2.05, 4.69) is 12.2 Å². The summed E-state index contributed by atoms with van der Waals surface area (Å²) in [6, 6.07) is 15.3. The lowest BCUT2D eigenvalue weighted by Crippen LogP contribution is -2.37. The maximum absolute atomic E-state index is 12.3. The average molecular weight is 282 g/mol. The summed E-state index contributed by atoms with van der Waals surface area (Å²) >= 11 is 0. The van der Waals surface area contributed by atoms with E-state index in [4.69, 9.17) is 5.73 Å². The van der Waals surface area contributed by atoms with Crippen LogP contribution in [0.4, 0.5) is 5.69 Å². The minimum atomic E-state index is -0.545. The first kappa shape index (κ1) is 15.3. The molecule has 0 aliphatic carbocycles. The Morgan fingerprint density at radius 1 is 1.14 bits per heavy atom. The molecule has 0 radical (unpaired) electrons. The highest BCUT2D eigenvalue weighted by Gasteiger charge is 2.16. The number of amides is 1. The lowest BCUT2D eigenvalue weighted by atomic mass is 10.0. The predicted molar refractivity (Wildman–Crippen MR) is 87.3 cm³/mol. The largest absolute Gasteiger partial charge is 0.324 e. The second-order valence-corrected chi connectivity index (χ2v) is 5.25. The van der Waals surface area contributed by atoms with Gasteiger partial charge in [0.25, 0.3) is 0 Å². The van der Waals surface area contributed by atoms with E-state index in [1.807, 2.05) is 55.5 Å². The Morgan fingerprint density at radius 3 is 2.52 bits per heavy atom. The number of rotatable bonds is 5. The molecule has 0 aliphatic heterocycles. The molecule has 2 rings (SSSR count). The van der Waals surface area contributed by atoms with Crippen molar-refractivity contribution in [3.8, 4) is 0 Å². The van der Waals surface area contributed by atoms with Crippen LogP contribution in [-0.4, -0.2) is 11.9 Å². The summed E-state index contributed by atoms with van der Waals surface area (Å²) in [7, 11) is 0. The number of hydrogen-bond acceptors (Lipinski definition) is 2. The number of hydrogen-bond donors (Lipinski definition) is 2. The van der Waals surface area contributed by atoms with Crippen molar-refractivity contribution < 1.29 is 4.79 Å². The van der Waals surface area contributed by atoms with E-state index >= 15 is 0 Å². The van der Waals surface area contributed by atoms with Crippen LogP contribution in [-0.2, 0) is 17.6 Å². The molecule has 3 N–H and O–H groups in total. The maximum atomic E-state index is 12.3. The Hall–Kier alpha value is -2.13. The van der Waals surface area contributed by atoms with E-state index in [-0.39, 0.29) is 5.91 Å². The molecule has 1 atom stereocenters. The molecule has 3 nitrogen and oxygen atoms in total. The van der Waals surface area contributed by atoms with Crippen molar-refractivity contribution in [1.82, 2.24) is 0 Å². The first-order valence-corrected chi connectivity index (χ1v) is 7.30. The molecule has 0 spiro atoms. The number of nitrogens with two attached hydrogens (primary N) is 1. The van der Waals surface area contributed by atoms with Crippen LogP contribution in [0.2, 0.25) is 0 Å². The third-order valence-corrected chi connectivity index (χ3v) is 3.62. The number of carbonyl (C=O) groups is 1. The Labute approximate surface area is 126 Å². The molecular weight excluding hydrogens is 260 g/mol. The number of nitrogens with one attached hydrogen (secondary N) is 1. The van der Waals surface area contributed by atoms with Crippen LogP contribution in [0.3, 0.4) is 0 Å². The van der Waals surface area contributed by atoms with Crippen molar-refractivity contribution in [2.75, 3.05) is 5.32 Å². The quantitative estimate of drug-likeness (QED) is 0.885. The number of carbonyl (C=O) groups excluding carboxylic acids is 1. The van der Waals surface area contributed by atoms with Gasteiger partial charge in [0.15, 0.2) is 0 Å². The van der Waals surface area contributed by atoms with Crippen molar-refractivity contribution >= 4 is 11.6 Å². The van der Waals surface area contributed by atoms with Gasteiger partial charge >= 0.3 is 0 Å². The fraction of sp³-hybridized carbons (Fsp3) is 0.278. The van der Waals surface area contributed by atoms with Crippen LogP contribution in [0.1, 0.15) is 23.6 Å². The molecule has 0 aromatic heterocycles. The molecule has 0 bridgehead atoms. The second-order valence-electron chi connectivity index (χ2n) is 5.25. The van der Waals surface area contributed by atoms with E-state index < -0.39 is 6.04 Å². The van der Waals surface area contributed by atoms with Gasteiger partial charge in [-0.05, 0) is 36.5 Å². The SMILES string of the molecule is CCc1cccc(C)c1NC(=O)[C@@H](N)Cc1ccccc1. The monoisotopic (exact) mass is 282 g/mol. The van der Waals surface area contributed by atoms with Gasteiger partial charge in [-0.2, -0.15) is 0 Å². The van der Waals surface area contributed by atoms with E-state index in [1.54, 1.807) is 0 Å². The zero-order valence-electron chi connectivity index (χ0n) is 12.6. The molecule has 0 heterocycles. The minimum absolute atomic E-state index is 0.136. The van der Waals surface area contributed by atoms with Crippen LogP contribution in [0, 0.1) is 6.92 Å². The van der Waals surface area contributed by atoms with Crippen LogP contribution < -0.4 is 11.1 Å². The van der Waals surface area contributed by atoms with E-state index in [9.17, 15) is 4.79 Å². The van der Waals surface area contributed by atoms with Crippen molar-refractivity contribution in [3.05, 3.63) is 65.2 Å². The van der Waals surface area contributed by atoms with E-state index in [1.165, 1.54) is 0 Å². The Balaban J connectivity index is 2.08. The summed E-state index contributed by atoms with van der Waals surface area (Å²) < 4.78 is 0. The summed E-state index contributed by atoms with van der Waals surface area (Å²) in [6.07, 6.45) is 1.42. The maximum Gasteiger partial charge on any atom is 0.241 e. The fourth-order valence-corrected chi connectivity index (χ4v) is 2.38. The standard InChI is InChI=1S/C18H22N2O/c1-3-15-11-7-8-13(2)17(15)20-18(21)16(19)12-14-9-5-4-6-10-14/h4-11,16H,3,12,19H2,1-2H3,(H,20,21)/t16-/m0/s1. The summed E-state index contributed by atoms with van der Waals surface area (Å²) in [5.74, 6) is -0.136. The molecule has 21 heavy (non-hydrogen) atoms. The van der Waals surface area contributed by atoms with Gasteiger partial charge in [-0.1, -0.05) is 55.5 Å². The number of para-hydroxylation sites is 1. The third kappa shape index (κ3) is 3.92. The molecule has 2 aromatic rings. The molecular formula is C18H22N2O. The summed E-state index contributed by atoms with van der Waals surface area (Å²) in [5, 5.41) is 2.99. The second kappa shape index (κ2) is 7.04. The molecule has 2 aromatic carbocycles. The van der Waals surface area contributed by atoms with Crippen LogP contribution in [0.5, 0.6) is 0 Å². The van der Waals surface area contributed by atoms with Gasteiger partial charge in [0.1, 0.15) is 0 Å². The Morgan fingerprint density at radius 2 is 1.86 bits per heavy atom. The zero-order valence-corrected chi connectivity index (χ0v) is 12.6. The molecule has 0 unspecified atom stereocenters. The van der Waals surface area contributed by atoms with Gasteiger partial charge in [-0.25, -0.2) is 0 Å². The topological polar surface area (TPSA) is 55.1 Å². The van der Waals surface area contributed by atoms with E-state index in [0.717, 1.165) is 28.8 Å². The Kier molecular flexibility index (Phi) is 5.12. The Bertz CT molecular complexity index is 608. The van der Waals surface area contributed by atoms with E-state index in [0.29, 0.717) is 6.42 Å². The lowest BCUT2D eigenvalue weighted by molar-refractivity contribution is -0.117. The summed E-state index contributed by atoms with van der Waals surface area (Å²) in [6.45, 7) is 4.08. The fourth-order valence-electron chi connectivity index (χ4n) is 2.38. The molecule has 0 fully saturated rings. The number of benzene rings is 2. The molecule has 0 saturated carbocycles. The van der Waals surface area contributed by atoms with Crippen molar-refractivity contribution in [3.63, 3.8) is 0 Å². The van der Waals surface area contributed by atoms with Gasteiger partial charge in [0.05, 0.1) is 6.04 Å². The first-order chi connectivity index (χ1) is 10.1. The molecule has 110 valence electrons. The van der Waals surface area contributed by atoms with Crippen LogP contribution in [0.15, 0.2) is 48.5 Å². The highest BCUT2D eigenvalue weighted by molar-refractivity contribution is 5.96. The molecule has 1 amide bonds. The third-order valence-electron chi connectivity index (χ3n) is 3.62.